The van der Waals surface area contributed by atoms with Crippen molar-refractivity contribution >= 4 is 54.1 Å². The number of hydrogen-bond acceptors (Lipinski definition) is 5. The van der Waals surface area contributed by atoms with Crippen molar-refractivity contribution in [3.63, 3.8) is 0 Å². The monoisotopic (exact) mass is 612 g/mol. The van der Waals surface area contributed by atoms with Gasteiger partial charge in [-0.2, -0.15) is 0 Å². The number of nitrogens with zero attached hydrogens (tertiary/aromatic N) is 1. The van der Waals surface area contributed by atoms with Crippen molar-refractivity contribution in [2.45, 2.75) is 6.29 Å². The summed E-state index contributed by atoms with van der Waals surface area (Å²) in [5, 5.41) is 5.47. The van der Waals surface area contributed by atoms with Crippen LogP contribution in [0.15, 0.2) is 138 Å². The Balaban J connectivity index is 1.29. The van der Waals surface area contributed by atoms with Crippen molar-refractivity contribution in [2.24, 2.45) is 0 Å². The molecule has 0 bridgehead atoms. The van der Waals surface area contributed by atoms with E-state index in [-0.39, 0.29) is 0 Å². The molecule has 10 rings (SSSR count). The molecule has 6 heteroatoms. The number of H-pyrrole nitrogens is 1. The summed E-state index contributed by atoms with van der Waals surface area (Å²) in [6.45, 7) is 0. The number of rotatable bonds is 4. The van der Waals surface area contributed by atoms with Crippen LogP contribution in [0.25, 0.3) is 75.8 Å². The summed E-state index contributed by atoms with van der Waals surface area (Å²) in [7, 11) is 0. The highest BCUT2D eigenvalue weighted by molar-refractivity contribution is 7.22. The lowest BCUT2D eigenvalue weighted by Gasteiger charge is -2.16. The molecule has 1 aliphatic heterocycles. The third-order valence-corrected chi connectivity index (χ3v) is 9.92. The number of hydrogen-bond donors (Lipinski definition) is 1. The maximum atomic E-state index is 6.81. The van der Waals surface area contributed by atoms with E-state index in [0.29, 0.717) is 11.5 Å². The lowest BCUT2D eigenvalue weighted by molar-refractivity contribution is 0.0457. The van der Waals surface area contributed by atoms with E-state index in [1.165, 1.54) is 10.1 Å². The van der Waals surface area contributed by atoms with Gasteiger partial charge >= 0.3 is 0 Å². The van der Waals surface area contributed by atoms with Crippen LogP contribution in [0.4, 0.5) is 0 Å². The molecular weight excluding hydrogens is 589 g/mol. The van der Waals surface area contributed by atoms with Gasteiger partial charge in [-0.25, -0.2) is 0 Å². The molecule has 0 amide bonds. The van der Waals surface area contributed by atoms with Crippen LogP contribution in [0.5, 0.6) is 11.5 Å². The van der Waals surface area contributed by atoms with E-state index >= 15 is 0 Å². The quantitative estimate of drug-likeness (QED) is 0.215. The van der Waals surface area contributed by atoms with E-state index in [2.05, 4.69) is 96.0 Å². The molecule has 5 nitrogen and oxygen atoms in total. The first-order valence-corrected chi connectivity index (χ1v) is 16.0. The van der Waals surface area contributed by atoms with Crippen LogP contribution in [0.3, 0.4) is 0 Å². The highest BCUT2D eigenvalue weighted by Gasteiger charge is 2.35. The van der Waals surface area contributed by atoms with E-state index in [0.717, 1.165) is 71.4 Å². The Morgan fingerprint density at radius 2 is 1.43 bits per heavy atom. The second kappa shape index (κ2) is 9.83. The second-order valence-corrected chi connectivity index (χ2v) is 12.6. The van der Waals surface area contributed by atoms with Gasteiger partial charge in [-0.15, -0.1) is 11.3 Å². The number of ether oxygens (including phenoxy) is 2. The predicted molar refractivity (Wildman–Crippen MR) is 186 cm³/mol. The van der Waals surface area contributed by atoms with Crippen LogP contribution in [0.1, 0.15) is 12.0 Å². The van der Waals surface area contributed by atoms with E-state index < -0.39 is 6.29 Å². The minimum absolute atomic E-state index is 0.644. The van der Waals surface area contributed by atoms with Crippen LogP contribution in [0, 0.1) is 0 Å². The Bertz CT molecular complexity index is 2520. The molecule has 0 spiro atoms. The molecule has 0 aliphatic carbocycles. The van der Waals surface area contributed by atoms with E-state index in [9.17, 15) is 0 Å². The van der Waals surface area contributed by atoms with Crippen LogP contribution in [0.2, 0.25) is 0 Å². The fourth-order valence-electron chi connectivity index (χ4n) is 6.66. The largest absolute Gasteiger partial charge is 0.456 e. The summed E-state index contributed by atoms with van der Waals surface area (Å²) in [5.74, 6) is 2.11. The molecule has 1 N–H and O–H groups in total. The van der Waals surface area contributed by atoms with Crippen molar-refractivity contribution in [3.05, 3.63) is 139 Å². The number of furan rings is 1. The van der Waals surface area contributed by atoms with Crippen LogP contribution in [-0.4, -0.2) is 9.97 Å². The molecule has 0 fully saturated rings. The molecule has 4 aromatic heterocycles. The number of aromatic amines is 1. The number of thiophene rings is 1. The van der Waals surface area contributed by atoms with E-state index in [1.54, 1.807) is 11.3 Å². The molecular formula is C40H24N2O3S. The van der Waals surface area contributed by atoms with Crippen LogP contribution < -0.4 is 9.47 Å². The number of nitrogens with one attached hydrogen (secondary N) is 1. The molecule has 0 radical (unpaired) electrons. The van der Waals surface area contributed by atoms with Gasteiger partial charge < -0.3 is 18.9 Å². The summed E-state index contributed by atoms with van der Waals surface area (Å²) >= 11 is 1.74. The van der Waals surface area contributed by atoms with Crippen molar-refractivity contribution in [2.75, 3.05) is 0 Å². The Hall–Kier alpha value is -5.85. The minimum Gasteiger partial charge on any atom is -0.456 e. The average Bonchev–Trinajstić information content (AvgIpc) is 3.90. The Morgan fingerprint density at radius 1 is 0.652 bits per heavy atom. The predicted octanol–water partition coefficient (Wildman–Crippen LogP) is 11.1. The Labute approximate surface area is 267 Å². The highest BCUT2D eigenvalue weighted by atomic mass is 32.1. The van der Waals surface area contributed by atoms with E-state index in [1.807, 2.05) is 42.6 Å². The number of benzene rings is 5. The Morgan fingerprint density at radius 3 is 2.30 bits per heavy atom. The fraction of sp³-hybridized carbons (Fsp3) is 0.0250. The van der Waals surface area contributed by atoms with Gasteiger partial charge in [-0.05, 0) is 64.7 Å². The van der Waals surface area contributed by atoms with Crippen LogP contribution >= 0.6 is 11.3 Å². The molecule has 9 aromatic rings. The van der Waals surface area contributed by atoms with E-state index in [4.69, 9.17) is 18.9 Å². The summed E-state index contributed by atoms with van der Waals surface area (Å²) in [6, 6.07) is 43.7. The normalized spacial score (nSPS) is 14.2. The number of fused-ring (bicyclic) bond motifs is 5. The minimum atomic E-state index is -0.644. The van der Waals surface area contributed by atoms with Gasteiger partial charge in [0.1, 0.15) is 11.3 Å². The molecule has 1 aliphatic rings. The summed E-state index contributed by atoms with van der Waals surface area (Å²) in [4.78, 5) is 9.56. The summed E-state index contributed by atoms with van der Waals surface area (Å²) < 4.78 is 21.3. The second-order valence-electron chi connectivity index (χ2n) is 11.6. The molecule has 1 atom stereocenters. The zero-order chi connectivity index (χ0) is 30.2. The molecule has 1 unspecified atom stereocenters. The first-order valence-electron chi connectivity index (χ1n) is 15.2. The lowest BCUT2D eigenvalue weighted by Crippen LogP contribution is -2.08. The lowest BCUT2D eigenvalue weighted by atomic mass is 9.91. The first kappa shape index (κ1) is 25.5. The first-order chi connectivity index (χ1) is 22.8. The summed E-state index contributed by atoms with van der Waals surface area (Å²) in [5.41, 5.74) is 6.35. The van der Waals surface area contributed by atoms with Crippen molar-refractivity contribution in [1.82, 2.24) is 9.97 Å². The van der Waals surface area contributed by atoms with Crippen molar-refractivity contribution in [1.29, 1.82) is 0 Å². The standard InChI is InChI=1S/C40H24N2O3S/c1-5-13-27-23(9-1)17-18-41-38(27)28-22-33-39(45-40(44-33)30-19-24-10-2-6-14-29(24)42-30)37(35-21-26-12-4-8-16-34(26)46-35)36(28)32-20-25-11-3-7-15-31(25)43-32/h1-22,40,42H. The fourth-order valence-corrected chi connectivity index (χ4v) is 7.77. The number of para-hydroxylation sites is 2. The number of aromatic nitrogens is 2. The van der Waals surface area contributed by atoms with Gasteiger partial charge in [-0.3, -0.25) is 4.98 Å². The molecule has 0 saturated carbocycles. The topological polar surface area (TPSA) is 60.3 Å². The van der Waals surface area contributed by atoms with Gasteiger partial charge in [0.15, 0.2) is 11.5 Å². The van der Waals surface area contributed by atoms with Gasteiger partial charge in [0.25, 0.3) is 6.29 Å². The molecule has 46 heavy (non-hydrogen) atoms. The average molecular weight is 613 g/mol. The summed E-state index contributed by atoms with van der Waals surface area (Å²) in [6.07, 6.45) is 1.23. The smallest absolute Gasteiger partial charge is 0.282 e. The zero-order valence-corrected chi connectivity index (χ0v) is 25.2. The Kier molecular flexibility index (Phi) is 5.44. The number of pyridine rings is 1. The van der Waals surface area contributed by atoms with Gasteiger partial charge in [0.05, 0.1) is 11.4 Å². The van der Waals surface area contributed by atoms with Gasteiger partial charge in [0.2, 0.25) is 0 Å². The highest BCUT2D eigenvalue weighted by Crippen LogP contribution is 2.57. The van der Waals surface area contributed by atoms with Crippen LogP contribution in [-0.2, 0) is 0 Å². The third kappa shape index (κ3) is 3.90. The van der Waals surface area contributed by atoms with Gasteiger partial charge in [0, 0.05) is 48.8 Å². The maximum absolute atomic E-state index is 6.81. The molecule has 218 valence electrons. The SMILES string of the molecule is c1ccc2[nH]c(C3Oc4cc(-c5nccc6ccccc56)c(-c5cc6ccccc6o5)c(-c5cc6ccccc6s5)c4O3)cc2c1. The van der Waals surface area contributed by atoms with Gasteiger partial charge in [-0.1, -0.05) is 78.9 Å². The van der Waals surface area contributed by atoms with Crippen molar-refractivity contribution in [3.8, 4) is 44.5 Å². The van der Waals surface area contributed by atoms with Crippen molar-refractivity contribution < 1.29 is 13.9 Å². The zero-order valence-electron chi connectivity index (χ0n) is 24.4. The molecule has 5 heterocycles. The maximum Gasteiger partial charge on any atom is 0.282 e. The molecule has 5 aromatic carbocycles. The molecule has 0 saturated heterocycles. The third-order valence-electron chi connectivity index (χ3n) is 8.78.